The molecule has 0 bridgehead atoms. The number of fused-ring (bicyclic) bond motifs is 1. The molecule has 1 aliphatic rings. The SMILES string of the molecule is CCc1ccc([C@@H]2SCC(=O)Nc3c2c(C)nn3-c2ccc(C)cc2)cc1. The molecule has 1 N–H and O–H groups in total. The fourth-order valence-corrected chi connectivity index (χ4v) is 4.64. The summed E-state index contributed by atoms with van der Waals surface area (Å²) in [6, 6.07) is 16.9. The number of aromatic nitrogens is 2. The molecule has 0 saturated carbocycles. The van der Waals surface area contributed by atoms with Crippen LogP contribution < -0.4 is 5.32 Å². The Balaban J connectivity index is 1.84. The van der Waals surface area contributed by atoms with E-state index >= 15 is 0 Å². The molecule has 2 aromatic carbocycles. The van der Waals surface area contributed by atoms with Crippen LogP contribution in [0.5, 0.6) is 0 Å². The molecule has 0 spiro atoms. The molecule has 1 aromatic heterocycles. The number of anilines is 1. The number of hydrogen-bond donors (Lipinski definition) is 1. The van der Waals surface area contributed by atoms with Crippen LogP contribution in [0, 0.1) is 13.8 Å². The summed E-state index contributed by atoms with van der Waals surface area (Å²) >= 11 is 1.66. The molecule has 27 heavy (non-hydrogen) atoms. The van der Waals surface area contributed by atoms with Crippen molar-refractivity contribution in [1.29, 1.82) is 0 Å². The standard InChI is InChI=1S/C22H23N3OS/c1-4-16-7-9-17(10-8-16)21-20-15(3)24-25(18-11-5-14(2)6-12-18)22(20)23-19(26)13-27-21/h5-12,21H,4,13H2,1-3H3,(H,23,26)/t21-/m0/s1. The van der Waals surface area contributed by atoms with Crippen molar-refractivity contribution in [2.24, 2.45) is 0 Å². The Hall–Kier alpha value is -2.53. The zero-order valence-corrected chi connectivity index (χ0v) is 16.6. The second-order valence-corrected chi connectivity index (χ2v) is 8.02. The van der Waals surface area contributed by atoms with Crippen molar-refractivity contribution in [2.45, 2.75) is 32.4 Å². The highest BCUT2D eigenvalue weighted by molar-refractivity contribution is 8.00. The summed E-state index contributed by atoms with van der Waals surface area (Å²) in [6.07, 6.45) is 1.02. The summed E-state index contributed by atoms with van der Waals surface area (Å²) in [4.78, 5) is 12.4. The molecule has 1 aliphatic heterocycles. The van der Waals surface area contributed by atoms with E-state index < -0.39 is 0 Å². The van der Waals surface area contributed by atoms with Crippen LogP contribution in [-0.4, -0.2) is 21.4 Å². The summed E-state index contributed by atoms with van der Waals surface area (Å²) in [7, 11) is 0. The van der Waals surface area contributed by atoms with E-state index in [1.807, 2.05) is 23.7 Å². The van der Waals surface area contributed by atoms with E-state index in [4.69, 9.17) is 5.10 Å². The van der Waals surface area contributed by atoms with Crippen LogP contribution in [0.2, 0.25) is 0 Å². The van der Waals surface area contributed by atoms with Gasteiger partial charge in [-0.3, -0.25) is 4.79 Å². The molecule has 0 unspecified atom stereocenters. The van der Waals surface area contributed by atoms with Crippen molar-refractivity contribution in [3.05, 3.63) is 76.5 Å². The number of aryl methyl sites for hydroxylation is 3. The van der Waals surface area contributed by atoms with Crippen molar-refractivity contribution in [3.63, 3.8) is 0 Å². The van der Waals surface area contributed by atoms with Crippen LogP contribution in [-0.2, 0) is 11.2 Å². The van der Waals surface area contributed by atoms with Crippen LogP contribution in [0.3, 0.4) is 0 Å². The number of thioether (sulfide) groups is 1. The third-order valence-corrected chi connectivity index (χ3v) is 6.25. The lowest BCUT2D eigenvalue weighted by Gasteiger charge is -2.16. The van der Waals surface area contributed by atoms with Crippen LogP contribution >= 0.6 is 11.8 Å². The second-order valence-electron chi connectivity index (χ2n) is 6.93. The van der Waals surface area contributed by atoms with Crippen LogP contribution in [0.25, 0.3) is 5.69 Å². The van der Waals surface area contributed by atoms with Gasteiger partial charge in [-0.25, -0.2) is 4.68 Å². The first-order valence-electron chi connectivity index (χ1n) is 9.23. The number of hydrogen-bond acceptors (Lipinski definition) is 3. The maximum absolute atomic E-state index is 12.4. The van der Waals surface area contributed by atoms with Crippen molar-refractivity contribution in [1.82, 2.24) is 9.78 Å². The molecule has 0 fully saturated rings. The molecule has 1 atom stereocenters. The summed E-state index contributed by atoms with van der Waals surface area (Å²) in [5, 5.41) is 7.94. The van der Waals surface area contributed by atoms with E-state index in [1.54, 1.807) is 11.8 Å². The Labute approximate surface area is 164 Å². The first-order chi connectivity index (χ1) is 13.1. The molecular formula is C22H23N3OS. The maximum atomic E-state index is 12.4. The van der Waals surface area contributed by atoms with Gasteiger partial charge in [0.15, 0.2) is 0 Å². The summed E-state index contributed by atoms with van der Waals surface area (Å²) in [6.45, 7) is 6.24. The minimum Gasteiger partial charge on any atom is -0.310 e. The Kier molecular flexibility index (Phi) is 4.79. The van der Waals surface area contributed by atoms with Crippen molar-refractivity contribution >= 4 is 23.5 Å². The summed E-state index contributed by atoms with van der Waals surface area (Å²) in [5.41, 5.74) is 6.72. The van der Waals surface area contributed by atoms with Gasteiger partial charge >= 0.3 is 0 Å². The van der Waals surface area contributed by atoms with Gasteiger partial charge in [-0.2, -0.15) is 5.10 Å². The molecular weight excluding hydrogens is 354 g/mol. The van der Waals surface area contributed by atoms with Crippen LogP contribution in [0.15, 0.2) is 48.5 Å². The average Bonchev–Trinajstić information content (AvgIpc) is 2.88. The van der Waals surface area contributed by atoms with Gasteiger partial charge in [-0.1, -0.05) is 48.9 Å². The highest BCUT2D eigenvalue weighted by atomic mass is 32.2. The van der Waals surface area contributed by atoms with E-state index in [0.717, 1.165) is 29.2 Å². The predicted octanol–water partition coefficient (Wildman–Crippen LogP) is 4.83. The lowest BCUT2D eigenvalue weighted by molar-refractivity contribution is -0.113. The fraction of sp³-hybridized carbons (Fsp3) is 0.273. The normalized spacial score (nSPS) is 16.6. The number of amides is 1. The topological polar surface area (TPSA) is 46.9 Å². The molecule has 2 heterocycles. The largest absolute Gasteiger partial charge is 0.310 e. The lowest BCUT2D eigenvalue weighted by atomic mass is 10.0. The highest BCUT2D eigenvalue weighted by Crippen LogP contribution is 2.43. The molecule has 5 heteroatoms. The van der Waals surface area contributed by atoms with Gasteiger partial charge in [0, 0.05) is 5.56 Å². The number of nitrogens with zero attached hydrogens (tertiary/aromatic N) is 2. The second kappa shape index (κ2) is 7.24. The molecule has 138 valence electrons. The average molecular weight is 378 g/mol. The van der Waals surface area contributed by atoms with Crippen LogP contribution in [0.4, 0.5) is 5.82 Å². The summed E-state index contributed by atoms with van der Waals surface area (Å²) in [5.74, 6) is 1.24. The number of nitrogens with one attached hydrogen (secondary N) is 1. The molecule has 4 rings (SSSR count). The molecule has 0 saturated heterocycles. The minimum atomic E-state index is 0.0159. The minimum absolute atomic E-state index is 0.0159. The third kappa shape index (κ3) is 3.39. The van der Waals surface area contributed by atoms with E-state index in [-0.39, 0.29) is 11.2 Å². The Morgan fingerprint density at radius 2 is 1.81 bits per heavy atom. The molecule has 0 aliphatic carbocycles. The van der Waals surface area contributed by atoms with Gasteiger partial charge < -0.3 is 5.32 Å². The Morgan fingerprint density at radius 1 is 1.11 bits per heavy atom. The van der Waals surface area contributed by atoms with E-state index in [9.17, 15) is 4.79 Å². The lowest BCUT2D eigenvalue weighted by Crippen LogP contribution is -2.15. The van der Waals surface area contributed by atoms with Crippen molar-refractivity contribution < 1.29 is 4.79 Å². The number of benzene rings is 2. The van der Waals surface area contributed by atoms with E-state index in [0.29, 0.717) is 5.75 Å². The highest BCUT2D eigenvalue weighted by Gasteiger charge is 2.30. The van der Waals surface area contributed by atoms with Gasteiger partial charge in [0.25, 0.3) is 0 Å². The monoisotopic (exact) mass is 377 g/mol. The molecule has 4 nitrogen and oxygen atoms in total. The summed E-state index contributed by atoms with van der Waals surface area (Å²) < 4.78 is 1.86. The van der Waals surface area contributed by atoms with Gasteiger partial charge in [-0.05, 0) is 43.5 Å². The Bertz CT molecular complexity index is 974. The van der Waals surface area contributed by atoms with E-state index in [2.05, 4.69) is 55.6 Å². The number of rotatable bonds is 3. The van der Waals surface area contributed by atoms with Crippen LogP contribution in [0.1, 0.15) is 40.1 Å². The molecule has 3 aromatic rings. The van der Waals surface area contributed by atoms with Gasteiger partial charge in [0.05, 0.1) is 22.4 Å². The third-order valence-electron chi connectivity index (χ3n) is 4.98. The first-order valence-corrected chi connectivity index (χ1v) is 10.3. The van der Waals surface area contributed by atoms with Gasteiger partial charge in [0.1, 0.15) is 5.82 Å². The predicted molar refractivity (Wildman–Crippen MR) is 112 cm³/mol. The van der Waals surface area contributed by atoms with Crippen molar-refractivity contribution in [3.8, 4) is 5.69 Å². The fourth-order valence-electron chi connectivity index (χ4n) is 3.45. The van der Waals surface area contributed by atoms with Gasteiger partial charge in [0.2, 0.25) is 5.91 Å². The zero-order chi connectivity index (χ0) is 19.0. The molecule has 1 amide bonds. The molecule has 0 radical (unpaired) electrons. The smallest absolute Gasteiger partial charge is 0.235 e. The zero-order valence-electron chi connectivity index (χ0n) is 15.8. The number of carbonyl (C=O) groups is 1. The first kappa shape index (κ1) is 17.9. The van der Waals surface area contributed by atoms with Gasteiger partial charge in [-0.15, -0.1) is 11.8 Å². The number of carbonyl (C=O) groups excluding carboxylic acids is 1. The Morgan fingerprint density at radius 3 is 2.48 bits per heavy atom. The van der Waals surface area contributed by atoms with Crippen molar-refractivity contribution in [2.75, 3.05) is 11.1 Å². The maximum Gasteiger partial charge on any atom is 0.235 e. The van der Waals surface area contributed by atoms with E-state index in [1.165, 1.54) is 16.7 Å². The quantitative estimate of drug-likeness (QED) is 0.711.